The molecule has 0 aliphatic heterocycles. The lowest BCUT2D eigenvalue weighted by Crippen LogP contribution is -2.01. The Hall–Kier alpha value is -2.15. The number of H-pyrrole nitrogens is 1. The van der Waals surface area contributed by atoms with Gasteiger partial charge in [0.25, 0.3) is 0 Å². The van der Waals surface area contributed by atoms with Crippen LogP contribution < -0.4 is 10.5 Å². The minimum atomic E-state index is -2.86. The summed E-state index contributed by atoms with van der Waals surface area (Å²) in [6.45, 7) is -2.86. The number of alkyl halides is 2. The molecular weight excluding hydrogens is 344 g/mol. The van der Waals surface area contributed by atoms with Gasteiger partial charge in [0, 0.05) is 10.0 Å². The van der Waals surface area contributed by atoms with Crippen molar-refractivity contribution >= 4 is 32.7 Å². The molecule has 4 nitrogen and oxygen atoms in total. The molecule has 3 rings (SSSR count). The van der Waals surface area contributed by atoms with Crippen LogP contribution in [0.1, 0.15) is 0 Å². The maximum atomic E-state index is 12.3. The van der Waals surface area contributed by atoms with Crippen LogP contribution in [0.2, 0.25) is 0 Å². The minimum absolute atomic E-state index is 0.0807. The monoisotopic (exact) mass is 353 g/mol. The van der Waals surface area contributed by atoms with Gasteiger partial charge in [-0.05, 0) is 24.3 Å². The minimum Gasteiger partial charge on any atom is -0.435 e. The maximum absolute atomic E-state index is 12.3. The third-order valence-corrected chi connectivity index (χ3v) is 3.37. The Bertz CT molecular complexity index is 804. The van der Waals surface area contributed by atoms with E-state index in [0.29, 0.717) is 22.6 Å². The average Bonchev–Trinajstić information content (AvgIpc) is 2.82. The van der Waals surface area contributed by atoms with Gasteiger partial charge < -0.3 is 15.5 Å². The number of fused-ring (bicyclic) bond motifs is 1. The Morgan fingerprint density at radius 1 is 1.24 bits per heavy atom. The standard InChI is InChI=1S/C14H10BrF2N3O/c15-8-5-10(18)12-11(6-8)19-13(20-12)7-2-1-3-9(4-7)21-14(16)17/h1-6,14H,18H2,(H,19,20). The van der Waals surface area contributed by atoms with E-state index in [4.69, 9.17) is 5.73 Å². The highest BCUT2D eigenvalue weighted by molar-refractivity contribution is 9.10. The van der Waals surface area contributed by atoms with Gasteiger partial charge in [0.2, 0.25) is 0 Å². The zero-order valence-electron chi connectivity index (χ0n) is 10.6. The Kier molecular flexibility index (Phi) is 3.50. The van der Waals surface area contributed by atoms with Crippen LogP contribution in [0.4, 0.5) is 14.5 Å². The van der Waals surface area contributed by atoms with Crippen molar-refractivity contribution in [2.75, 3.05) is 5.73 Å². The number of nitrogens with zero attached hydrogens (tertiary/aromatic N) is 1. The fraction of sp³-hybridized carbons (Fsp3) is 0.0714. The fourth-order valence-corrected chi connectivity index (χ4v) is 2.54. The zero-order chi connectivity index (χ0) is 15.0. The number of halogens is 3. The van der Waals surface area contributed by atoms with Gasteiger partial charge in [-0.2, -0.15) is 8.78 Å². The Balaban J connectivity index is 2.06. The lowest BCUT2D eigenvalue weighted by atomic mass is 10.2. The molecule has 0 saturated carbocycles. The quantitative estimate of drug-likeness (QED) is 0.694. The number of rotatable bonds is 3. The second-order valence-electron chi connectivity index (χ2n) is 4.38. The number of benzene rings is 2. The predicted octanol–water partition coefficient (Wildman–Crippen LogP) is 4.18. The Labute approximate surface area is 127 Å². The van der Waals surface area contributed by atoms with Crippen molar-refractivity contribution in [2.24, 2.45) is 0 Å². The summed E-state index contributed by atoms with van der Waals surface area (Å²) in [4.78, 5) is 7.51. The molecule has 3 N–H and O–H groups in total. The summed E-state index contributed by atoms with van der Waals surface area (Å²) < 4.78 is 29.7. The molecule has 1 aromatic heterocycles. The van der Waals surface area contributed by atoms with Gasteiger partial charge in [-0.1, -0.05) is 28.1 Å². The topological polar surface area (TPSA) is 63.9 Å². The van der Waals surface area contributed by atoms with Crippen molar-refractivity contribution < 1.29 is 13.5 Å². The van der Waals surface area contributed by atoms with E-state index in [2.05, 4.69) is 30.6 Å². The van der Waals surface area contributed by atoms with E-state index in [-0.39, 0.29) is 5.75 Å². The molecule has 0 amide bonds. The van der Waals surface area contributed by atoms with Gasteiger partial charge in [0.15, 0.2) is 0 Å². The molecule has 0 atom stereocenters. The zero-order valence-corrected chi connectivity index (χ0v) is 12.2. The normalized spacial score (nSPS) is 11.2. The van der Waals surface area contributed by atoms with E-state index in [0.717, 1.165) is 9.99 Å². The highest BCUT2D eigenvalue weighted by atomic mass is 79.9. The number of ether oxygens (including phenoxy) is 1. The van der Waals surface area contributed by atoms with E-state index in [1.807, 2.05) is 6.07 Å². The van der Waals surface area contributed by atoms with Crippen molar-refractivity contribution in [3.8, 4) is 17.1 Å². The van der Waals surface area contributed by atoms with Crippen LogP contribution in [0.15, 0.2) is 40.9 Å². The second-order valence-corrected chi connectivity index (χ2v) is 5.30. The molecule has 1 heterocycles. The van der Waals surface area contributed by atoms with Crippen LogP contribution >= 0.6 is 15.9 Å². The number of imidazole rings is 1. The van der Waals surface area contributed by atoms with Crippen LogP contribution in [0, 0.1) is 0 Å². The molecule has 7 heteroatoms. The average molecular weight is 354 g/mol. The smallest absolute Gasteiger partial charge is 0.387 e. The summed E-state index contributed by atoms with van der Waals surface area (Å²) in [7, 11) is 0. The number of hydrogen-bond acceptors (Lipinski definition) is 3. The Morgan fingerprint density at radius 3 is 2.81 bits per heavy atom. The molecule has 0 aliphatic carbocycles. The largest absolute Gasteiger partial charge is 0.435 e. The molecule has 0 unspecified atom stereocenters. The van der Waals surface area contributed by atoms with Gasteiger partial charge >= 0.3 is 6.61 Å². The van der Waals surface area contributed by atoms with Crippen molar-refractivity contribution in [3.63, 3.8) is 0 Å². The van der Waals surface area contributed by atoms with Gasteiger partial charge in [0.1, 0.15) is 17.1 Å². The van der Waals surface area contributed by atoms with Crippen molar-refractivity contribution in [3.05, 3.63) is 40.9 Å². The SMILES string of the molecule is Nc1cc(Br)cc2[nH]c(-c3cccc(OC(F)F)c3)nc12. The summed E-state index contributed by atoms with van der Waals surface area (Å²) in [5.74, 6) is 0.617. The van der Waals surface area contributed by atoms with Crippen molar-refractivity contribution in [1.29, 1.82) is 0 Å². The first-order valence-electron chi connectivity index (χ1n) is 6.03. The molecule has 0 fully saturated rings. The molecule has 0 bridgehead atoms. The third-order valence-electron chi connectivity index (χ3n) is 2.91. The van der Waals surface area contributed by atoms with Crippen LogP contribution in [-0.2, 0) is 0 Å². The number of aromatic nitrogens is 2. The molecule has 0 aliphatic rings. The van der Waals surface area contributed by atoms with E-state index >= 15 is 0 Å². The number of hydrogen-bond donors (Lipinski definition) is 2. The molecule has 0 radical (unpaired) electrons. The van der Waals surface area contributed by atoms with Crippen LogP contribution in [0.3, 0.4) is 0 Å². The summed E-state index contributed by atoms with van der Waals surface area (Å²) in [6.07, 6.45) is 0. The second kappa shape index (κ2) is 5.33. The van der Waals surface area contributed by atoms with E-state index in [1.54, 1.807) is 18.2 Å². The number of nitrogen functional groups attached to an aromatic ring is 1. The highest BCUT2D eigenvalue weighted by Gasteiger charge is 2.11. The lowest BCUT2D eigenvalue weighted by Gasteiger charge is -2.05. The maximum Gasteiger partial charge on any atom is 0.387 e. The number of nitrogens with one attached hydrogen (secondary N) is 1. The van der Waals surface area contributed by atoms with Gasteiger partial charge in [-0.3, -0.25) is 0 Å². The van der Waals surface area contributed by atoms with E-state index in [1.165, 1.54) is 12.1 Å². The van der Waals surface area contributed by atoms with E-state index in [9.17, 15) is 8.78 Å². The van der Waals surface area contributed by atoms with Crippen LogP contribution in [0.25, 0.3) is 22.4 Å². The van der Waals surface area contributed by atoms with Gasteiger partial charge in [-0.25, -0.2) is 4.98 Å². The molecule has 108 valence electrons. The summed E-state index contributed by atoms with van der Waals surface area (Å²) in [6, 6.07) is 9.93. The van der Waals surface area contributed by atoms with Crippen LogP contribution in [0.5, 0.6) is 5.75 Å². The number of nitrogens with two attached hydrogens (primary N) is 1. The first kappa shape index (κ1) is 13.8. The van der Waals surface area contributed by atoms with Crippen LogP contribution in [-0.4, -0.2) is 16.6 Å². The van der Waals surface area contributed by atoms with Gasteiger partial charge in [0.05, 0.1) is 11.2 Å². The summed E-state index contributed by atoms with van der Waals surface area (Å²) in [5.41, 5.74) is 8.47. The summed E-state index contributed by atoms with van der Waals surface area (Å²) in [5, 5.41) is 0. The molecule has 21 heavy (non-hydrogen) atoms. The fourth-order valence-electron chi connectivity index (χ4n) is 2.06. The highest BCUT2D eigenvalue weighted by Crippen LogP contribution is 2.29. The number of anilines is 1. The third kappa shape index (κ3) is 2.82. The lowest BCUT2D eigenvalue weighted by molar-refractivity contribution is -0.0498. The molecule has 0 saturated heterocycles. The molecule has 0 spiro atoms. The Morgan fingerprint density at radius 2 is 2.05 bits per heavy atom. The first-order valence-corrected chi connectivity index (χ1v) is 6.82. The van der Waals surface area contributed by atoms with E-state index < -0.39 is 6.61 Å². The predicted molar refractivity (Wildman–Crippen MR) is 80.3 cm³/mol. The molecular formula is C14H10BrF2N3O. The van der Waals surface area contributed by atoms with Gasteiger partial charge in [-0.15, -0.1) is 0 Å². The molecule has 3 aromatic rings. The van der Waals surface area contributed by atoms with Crippen molar-refractivity contribution in [2.45, 2.75) is 6.61 Å². The molecule has 2 aromatic carbocycles. The number of aromatic amines is 1. The van der Waals surface area contributed by atoms with Crippen molar-refractivity contribution in [1.82, 2.24) is 9.97 Å². The summed E-state index contributed by atoms with van der Waals surface area (Å²) >= 11 is 3.36. The first-order chi connectivity index (χ1) is 10.0.